The minimum absolute atomic E-state index is 0.338. The highest BCUT2D eigenvalue weighted by Gasteiger charge is 2.34. The zero-order valence-electron chi connectivity index (χ0n) is 12.0. The summed E-state index contributed by atoms with van der Waals surface area (Å²) in [4.78, 5) is 4.03. The van der Waals surface area contributed by atoms with Crippen molar-refractivity contribution in [3.8, 4) is 0 Å². The van der Waals surface area contributed by atoms with Crippen LogP contribution < -0.4 is 5.73 Å². The van der Waals surface area contributed by atoms with Crippen LogP contribution in [-0.2, 0) is 6.54 Å². The number of hydrogen-bond acceptors (Lipinski definition) is 3. The van der Waals surface area contributed by atoms with E-state index in [1.165, 1.54) is 28.8 Å². The third kappa shape index (κ3) is 3.11. The molecule has 1 heterocycles. The van der Waals surface area contributed by atoms with Gasteiger partial charge in [0.15, 0.2) is 0 Å². The molecule has 20 heavy (non-hydrogen) atoms. The van der Waals surface area contributed by atoms with E-state index < -0.39 is 0 Å². The van der Waals surface area contributed by atoms with Crippen molar-refractivity contribution >= 4 is 11.3 Å². The summed E-state index contributed by atoms with van der Waals surface area (Å²) in [6, 6.07) is 14.3. The van der Waals surface area contributed by atoms with Gasteiger partial charge in [-0.3, -0.25) is 4.90 Å². The molecular weight excluding hydrogens is 264 g/mol. The van der Waals surface area contributed by atoms with Gasteiger partial charge in [-0.25, -0.2) is 0 Å². The Morgan fingerprint density at radius 3 is 2.55 bits per heavy atom. The van der Waals surface area contributed by atoms with E-state index in [2.05, 4.69) is 53.6 Å². The van der Waals surface area contributed by atoms with Crippen molar-refractivity contribution in [2.45, 2.75) is 38.4 Å². The van der Waals surface area contributed by atoms with Crippen molar-refractivity contribution in [2.75, 3.05) is 6.54 Å². The van der Waals surface area contributed by atoms with Crippen LogP contribution in [0.1, 0.15) is 34.9 Å². The van der Waals surface area contributed by atoms with Crippen molar-refractivity contribution in [3.05, 3.63) is 57.8 Å². The zero-order chi connectivity index (χ0) is 13.9. The molecule has 1 atom stereocenters. The summed E-state index contributed by atoms with van der Waals surface area (Å²) in [6.07, 6.45) is 2.63. The molecule has 0 amide bonds. The van der Waals surface area contributed by atoms with Crippen molar-refractivity contribution in [2.24, 2.45) is 5.73 Å². The van der Waals surface area contributed by atoms with E-state index in [0.717, 1.165) is 6.54 Å². The second-order valence-corrected chi connectivity index (χ2v) is 6.68. The maximum absolute atomic E-state index is 6.10. The molecule has 1 saturated carbocycles. The van der Waals surface area contributed by atoms with E-state index in [4.69, 9.17) is 5.73 Å². The van der Waals surface area contributed by atoms with E-state index in [1.807, 2.05) is 11.3 Å². The molecule has 0 saturated heterocycles. The van der Waals surface area contributed by atoms with E-state index in [-0.39, 0.29) is 0 Å². The predicted molar refractivity (Wildman–Crippen MR) is 85.9 cm³/mol. The largest absolute Gasteiger partial charge is 0.329 e. The van der Waals surface area contributed by atoms with Crippen molar-refractivity contribution < 1.29 is 0 Å². The summed E-state index contributed by atoms with van der Waals surface area (Å²) in [5.74, 6) is 0. The highest BCUT2D eigenvalue weighted by Crippen LogP contribution is 2.36. The van der Waals surface area contributed by atoms with Gasteiger partial charge in [-0.15, -0.1) is 11.3 Å². The molecule has 2 N–H and O–H groups in total. The van der Waals surface area contributed by atoms with Crippen LogP contribution in [0, 0.1) is 6.92 Å². The highest BCUT2D eigenvalue weighted by molar-refractivity contribution is 7.09. The number of thiophene rings is 1. The highest BCUT2D eigenvalue weighted by atomic mass is 32.1. The van der Waals surface area contributed by atoms with Crippen molar-refractivity contribution in [1.82, 2.24) is 4.90 Å². The van der Waals surface area contributed by atoms with Gasteiger partial charge in [-0.1, -0.05) is 35.9 Å². The monoisotopic (exact) mass is 286 g/mol. The first-order valence-electron chi connectivity index (χ1n) is 7.32. The van der Waals surface area contributed by atoms with Crippen LogP contribution in [-0.4, -0.2) is 17.5 Å². The van der Waals surface area contributed by atoms with E-state index in [9.17, 15) is 0 Å². The second-order valence-electron chi connectivity index (χ2n) is 5.65. The summed E-state index contributed by atoms with van der Waals surface area (Å²) >= 11 is 1.84. The first-order chi connectivity index (χ1) is 9.78. The number of aryl methyl sites for hydroxylation is 1. The topological polar surface area (TPSA) is 29.3 Å². The normalized spacial score (nSPS) is 16.6. The average Bonchev–Trinajstić information content (AvgIpc) is 3.18. The van der Waals surface area contributed by atoms with Gasteiger partial charge >= 0.3 is 0 Å². The SMILES string of the molecule is Cc1ccc(C(CN)N(Cc2cccs2)C2CC2)cc1. The fourth-order valence-electron chi connectivity index (χ4n) is 2.73. The Labute approximate surface area is 125 Å². The predicted octanol–water partition coefficient (Wildman–Crippen LogP) is 3.72. The molecule has 1 aliphatic rings. The lowest BCUT2D eigenvalue weighted by molar-refractivity contribution is 0.183. The van der Waals surface area contributed by atoms with Crippen molar-refractivity contribution in [3.63, 3.8) is 0 Å². The molecule has 1 aromatic heterocycles. The summed E-state index contributed by atoms with van der Waals surface area (Å²) in [5, 5.41) is 2.16. The fraction of sp³-hybridized carbons (Fsp3) is 0.412. The summed E-state index contributed by atoms with van der Waals surface area (Å²) in [7, 11) is 0. The number of nitrogens with two attached hydrogens (primary N) is 1. The molecule has 2 nitrogen and oxygen atoms in total. The van der Waals surface area contributed by atoms with Gasteiger partial charge in [-0.2, -0.15) is 0 Å². The Balaban J connectivity index is 1.82. The molecule has 1 fully saturated rings. The number of rotatable bonds is 6. The molecule has 3 heteroatoms. The standard InChI is InChI=1S/C17H22N2S/c1-13-4-6-14(7-5-13)17(11-18)19(15-8-9-15)12-16-3-2-10-20-16/h2-7,10,15,17H,8-9,11-12,18H2,1H3. The minimum atomic E-state index is 0.338. The number of benzene rings is 1. The van der Waals surface area contributed by atoms with Gasteiger partial charge in [0.2, 0.25) is 0 Å². The van der Waals surface area contributed by atoms with Crippen LogP contribution in [0.3, 0.4) is 0 Å². The van der Waals surface area contributed by atoms with E-state index in [0.29, 0.717) is 18.6 Å². The van der Waals surface area contributed by atoms with E-state index >= 15 is 0 Å². The molecule has 0 spiro atoms. The average molecular weight is 286 g/mol. The van der Waals surface area contributed by atoms with Gasteiger partial charge in [0.05, 0.1) is 0 Å². The second kappa shape index (κ2) is 6.08. The molecule has 0 bridgehead atoms. The third-order valence-corrected chi connectivity index (χ3v) is 4.88. The molecule has 0 radical (unpaired) electrons. The maximum atomic E-state index is 6.10. The lowest BCUT2D eigenvalue weighted by atomic mass is 10.0. The lowest BCUT2D eigenvalue weighted by Crippen LogP contribution is -2.34. The first-order valence-corrected chi connectivity index (χ1v) is 8.20. The Kier molecular flexibility index (Phi) is 4.20. The molecule has 1 aliphatic carbocycles. The Morgan fingerprint density at radius 1 is 1.25 bits per heavy atom. The molecule has 106 valence electrons. The molecule has 0 aliphatic heterocycles. The fourth-order valence-corrected chi connectivity index (χ4v) is 3.45. The van der Waals surface area contributed by atoms with Gasteiger partial charge in [0.1, 0.15) is 0 Å². The molecule has 1 unspecified atom stereocenters. The molecule has 1 aromatic carbocycles. The minimum Gasteiger partial charge on any atom is -0.329 e. The van der Waals surface area contributed by atoms with Gasteiger partial charge in [-0.05, 0) is 36.8 Å². The van der Waals surface area contributed by atoms with Gasteiger partial charge in [0.25, 0.3) is 0 Å². The Bertz CT molecular complexity index is 529. The first kappa shape index (κ1) is 13.8. The third-order valence-electron chi connectivity index (χ3n) is 4.02. The number of hydrogen-bond donors (Lipinski definition) is 1. The maximum Gasteiger partial charge on any atom is 0.0477 e. The Morgan fingerprint density at radius 2 is 2.00 bits per heavy atom. The summed E-state index contributed by atoms with van der Waals surface area (Å²) in [6.45, 7) is 3.84. The van der Waals surface area contributed by atoms with Crippen LogP contribution in [0.25, 0.3) is 0 Å². The zero-order valence-corrected chi connectivity index (χ0v) is 12.8. The number of nitrogens with zero attached hydrogens (tertiary/aromatic N) is 1. The van der Waals surface area contributed by atoms with Crippen molar-refractivity contribution in [1.29, 1.82) is 0 Å². The molecule has 2 aromatic rings. The van der Waals surface area contributed by atoms with Gasteiger partial charge in [0, 0.05) is 30.1 Å². The quantitative estimate of drug-likeness (QED) is 0.877. The summed E-state index contributed by atoms with van der Waals surface area (Å²) in [5.41, 5.74) is 8.75. The van der Waals surface area contributed by atoms with Crippen LogP contribution in [0.5, 0.6) is 0 Å². The Hall–Kier alpha value is -1.16. The van der Waals surface area contributed by atoms with Crippen LogP contribution in [0.15, 0.2) is 41.8 Å². The molecule has 3 rings (SSSR count). The van der Waals surface area contributed by atoms with Crippen LogP contribution in [0.2, 0.25) is 0 Å². The molecular formula is C17H22N2S. The lowest BCUT2D eigenvalue weighted by Gasteiger charge is -2.31. The summed E-state index contributed by atoms with van der Waals surface area (Å²) < 4.78 is 0. The van der Waals surface area contributed by atoms with Crippen LogP contribution in [0.4, 0.5) is 0 Å². The van der Waals surface area contributed by atoms with Crippen LogP contribution >= 0.6 is 11.3 Å². The smallest absolute Gasteiger partial charge is 0.0477 e. The van der Waals surface area contributed by atoms with Gasteiger partial charge < -0.3 is 5.73 Å². The van der Waals surface area contributed by atoms with E-state index in [1.54, 1.807) is 0 Å².